The van der Waals surface area contributed by atoms with E-state index in [1.807, 2.05) is 0 Å². The predicted molar refractivity (Wildman–Crippen MR) is 79.3 cm³/mol. The van der Waals surface area contributed by atoms with Crippen LogP contribution in [0, 0.1) is 0 Å². The predicted octanol–water partition coefficient (Wildman–Crippen LogP) is 2.74. The number of fused-ring (bicyclic) bond motifs is 1. The third-order valence-corrected chi connectivity index (χ3v) is 3.24. The largest absolute Gasteiger partial charge is 0.478 e. The molecule has 0 bridgehead atoms. The van der Waals surface area contributed by atoms with Gasteiger partial charge in [-0.2, -0.15) is 0 Å². The second-order valence-electron chi connectivity index (χ2n) is 4.62. The standard InChI is InChI=1S/C16H11NO4/c17-11-4-1-9(2-5-11)13-8-21-14-7-10(16(19)20)3-6-12(14)15(13)18/h1-8H,17H2,(H,19,20). The van der Waals surface area contributed by atoms with E-state index >= 15 is 0 Å². The molecule has 0 aliphatic carbocycles. The van der Waals surface area contributed by atoms with Gasteiger partial charge in [-0.05, 0) is 35.9 Å². The lowest BCUT2D eigenvalue weighted by atomic mass is 10.0. The monoisotopic (exact) mass is 281 g/mol. The lowest BCUT2D eigenvalue weighted by Gasteiger charge is -2.04. The van der Waals surface area contributed by atoms with Crippen LogP contribution in [0.3, 0.4) is 0 Å². The van der Waals surface area contributed by atoms with Crippen molar-refractivity contribution in [1.82, 2.24) is 0 Å². The molecule has 0 spiro atoms. The Morgan fingerprint density at radius 1 is 1.10 bits per heavy atom. The zero-order chi connectivity index (χ0) is 15.0. The first-order valence-corrected chi connectivity index (χ1v) is 6.21. The Balaban J connectivity index is 2.21. The van der Waals surface area contributed by atoms with Gasteiger partial charge in [0.25, 0.3) is 0 Å². The fourth-order valence-electron chi connectivity index (χ4n) is 2.12. The summed E-state index contributed by atoms with van der Waals surface area (Å²) in [5.74, 6) is -1.07. The molecule has 5 heteroatoms. The zero-order valence-corrected chi connectivity index (χ0v) is 10.9. The molecule has 3 rings (SSSR count). The van der Waals surface area contributed by atoms with Crippen LogP contribution in [-0.4, -0.2) is 11.1 Å². The van der Waals surface area contributed by atoms with Crippen LogP contribution in [0.1, 0.15) is 10.4 Å². The number of carbonyl (C=O) groups is 1. The molecule has 1 heterocycles. The Bertz CT molecular complexity index is 894. The van der Waals surface area contributed by atoms with Gasteiger partial charge in [0.2, 0.25) is 0 Å². The molecular weight excluding hydrogens is 270 g/mol. The summed E-state index contributed by atoms with van der Waals surface area (Å²) in [5, 5.41) is 9.28. The minimum Gasteiger partial charge on any atom is -0.478 e. The molecule has 0 aliphatic rings. The first-order chi connectivity index (χ1) is 10.1. The van der Waals surface area contributed by atoms with Gasteiger partial charge in [0.15, 0.2) is 5.43 Å². The van der Waals surface area contributed by atoms with Gasteiger partial charge in [0, 0.05) is 5.69 Å². The van der Waals surface area contributed by atoms with E-state index < -0.39 is 5.97 Å². The third kappa shape index (κ3) is 2.25. The number of carboxylic acid groups (broad SMARTS) is 1. The maximum atomic E-state index is 12.5. The zero-order valence-electron chi connectivity index (χ0n) is 10.9. The van der Waals surface area contributed by atoms with Crippen molar-refractivity contribution in [3.63, 3.8) is 0 Å². The molecule has 0 saturated heterocycles. The van der Waals surface area contributed by atoms with Gasteiger partial charge < -0.3 is 15.3 Å². The maximum absolute atomic E-state index is 12.5. The van der Waals surface area contributed by atoms with Gasteiger partial charge in [0.05, 0.1) is 16.5 Å². The molecule has 0 saturated carbocycles. The van der Waals surface area contributed by atoms with Crippen LogP contribution in [-0.2, 0) is 0 Å². The Labute approximate surface area is 119 Å². The molecule has 2 aromatic carbocycles. The molecule has 1 aromatic heterocycles. The molecular formula is C16H11NO4. The Morgan fingerprint density at radius 3 is 2.48 bits per heavy atom. The highest BCUT2D eigenvalue weighted by molar-refractivity contribution is 5.93. The fraction of sp³-hybridized carbons (Fsp3) is 0. The van der Waals surface area contributed by atoms with Crippen molar-refractivity contribution in [2.24, 2.45) is 0 Å². The van der Waals surface area contributed by atoms with E-state index in [1.54, 1.807) is 24.3 Å². The molecule has 21 heavy (non-hydrogen) atoms. The lowest BCUT2D eigenvalue weighted by molar-refractivity contribution is 0.0697. The van der Waals surface area contributed by atoms with Crippen LogP contribution in [0.15, 0.2) is 57.9 Å². The second-order valence-corrected chi connectivity index (χ2v) is 4.62. The summed E-state index contributed by atoms with van der Waals surface area (Å²) in [7, 11) is 0. The Kier molecular flexibility index (Phi) is 2.95. The van der Waals surface area contributed by atoms with E-state index in [-0.39, 0.29) is 16.6 Å². The summed E-state index contributed by atoms with van der Waals surface area (Å²) in [5.41, 5.74) is 7.45. The van der Waals surface area contributed by atoms with E-state index in [2.05, 4.69) is 0 Å². The highest BCUT2D eigenvalue weighted by atomic mass is 16.4. The molecule has 5 nitrogen and oxygen atoms in total. The van der Waals surface area contributed by atoms with Crippen molar-refractivity contribution in [2.45, 2.75) is 0 Å². The van der Waals surface area contributed by atoms with E-state index in [0.717, 1.165) is 0 Å². The van der Waals surface area contributed by atoms with E-state index in [0.29, 0.717) is 22.2 Å². The number of nitrogens with two attached hydrogens (primary N) is 1. The van der Waals surface area contributed by atoms with E-state index in [4.69, 9.17) is 15.3 Å². The van der Waals surface area contributed by atoms with Crippen molar-refractivity contribution in [3.05, 3.63) is 64.5 Å². The third-order valence-electron chi connectivity index (χ3n) is 3.24. The van der Waals surface area contributed by atoms with Crippen LogP contribution in [0.5, 0.6) is 0 Å². The summed E-state index contributed by atoms with van der Waals surface area (Å²) in [6.45, 7) is 0. The topological polar surface area (TPSA) is 93.5 Å². The normalized spacial score (nSPS) is 10.7. The summed E-state index contributed by atoms with van der Waals surface area (Å²) >= 11 is 0. The average molecular weight is 281 g/mol. The van der Waals surface area contributed by atoms with Crippen molar-refractivity contribution >= 4 is 22.6 Å². The highest BCUT2D eigenvalue weighted by Crippen LogP contribution is 2.21. The van der Waals surface area contributed by atoms with Gasteiger partial charge >= 0.3 is 5.97 Å². The molecule has 0 atom stereocenters. The van der Waals surface area contributed by atoms with Gasteiger partial charge in [0.1, 0.15) is 11.8 Å². The average Bonchev–Trinajstić information content (AvgIpc) is 2.48. The number of benzene rings is 2. The number of anilines is 1. The Morgan fingerprint density at radius 2 is 1.81 bits per heavy atom. The molecule has 0 fully saturated rings. The highest BCUT2D eigenvalue weighted by Gasteiger charge is 2.11. The van der Waals surface area contributed by atoms with Crippen LogP contribution in [0.2, 0.25) is 0 Å². The van der Waals surface area contributed by atoms with Crippen molar-refractivity contribution < 1.29 is 14.3 Å². The number of rotatable bonds is 2. The number of carboxylic acids is 1. The molecule has 3 aromatic rings. The Hall–Kier alpha value is -3.08. The van der Waals surface area contributed by atoms with Gasteiger partial charge in [-0.15, -0.1) is 0 Å². The van der Waals surface area contributed by atoms with Gasteiger partial charge in [-0.25, -0.2) is 4.79 Å². The van der Waals surface area contributed by atoms with Crippen LogP contribution < -0.4 is 11.2 Å². The summed E-state index contributed by atoms with van der Waals surface area (Å²) in [6.07, 6.45) is 1.34. The van der Waals surface area contributed by atoms with Gasteiger partial charge in [-0.1, -0.05) is 12.1 Å². The van der Waals surface area contributed by atoms with Crippen molar-refractivity contribution in [2.75, 3.05) is 5.73 Å². The molecule has 0 aliphatic heterocycles. The number of hydrogen-bond acceptors (Lipinski definition) is 4. The molecule has 0 amide bonds. The molecule has 0 unspecified atom stereocenters. The molecule has 104 valence electrons. The van der Waals surface area contributed by atoms with E-state index in [9.17, 15) is 9.59 Å². The fourth-order valence-corrected chi connectivity index (χ4v) is 2.12. The maximum Gasteiger partial charge on any atom is 0.335 e. The number of nitrogen functional groups attached to an aromatic ring is 1. The van der Waals surface area contributed by atoms with Crippen molar-refractivity contribution in [3.8, 4) is 11.1 Å². The van der Waals surface area contributed by atoms with Crippen LogP contribution >= 0.6 is 0 Å². The first kappa shape index (κ1) is 12.9. The number of hydrogen-bond donors (Lipinski definition) is 2. The SMILES string of the molecule is Nc1ccc(-c2coc3cc(C(=O)O)ccc3c2=O)cc1. The van der Waals surface area contributed by atoms with Crippen LogP contribution in [0.4, 0.5) is 5.69 Å². The number of aromatic carboxylic acids is 1. The second kappa shape index (κ2) is 4.79. The molecule has 3 N–H and O–H groups in total. The first-order valence-electron chi connectivity index (χ1n) is 6.21. The van der Waals surface area contributed by atoms with Gasteiger partial charge in [-0.3, -0.25) is 4.79 Å². The minimum atomic E-state index is -1.07. The van der Waals surface area contributed by atoms with E-state index in [1.165, 1.54) is 24.5 Å². The summed E-state index contributed by atoms with van der Waals surface area (Å²) in [6, 6.07) is 11.1. The minimum absolute atomic E-state index is 0.0749. The smallest absolute Gasteiger partial charge is 0.335 e. The summed E-state index contributed by atoms with van der Waals surface area (Å²) in [4.78, 5) is 23.4. The van der Waals surface area contributed by atoms with Crippen molar-refractivity contribution in [1.29, 1.82) is 0 Å². The molecule has 0 radical (unpaired) electrons. The lowest BCUT2D eigenvalue weighted by Crippen LogP contribution is -2.06. The quantitative estimate of drug-likeness (QED) is 0.704. The van der Waals surface area contributed by atoms with Crippen LogP contribution in [0.25, 0.3) is 22.1 Å². The summed E-state index contributed by atoms with van der Waals surface area (Å²) < 4.78 is 5.40.